The van der Waals surface area contributed by atoms with Gasteiger partial charge in [0.15, 0.2) is 0 Å². The summed E-state index contributed by atoms with van der Waals surface area (Å²) >= 11 is 0. The van der Waals surface area contributed by atoms with Gasteiger partial charge in [-0.1, -0.05) is 42.5 Å². The Morgan fingerprint density at radius 2 is 1.56 bits per heavy atom. The summed E-state index contributed by atoms with van der Waals surface area (Å²) in [6.45, 7) is 0.359. The number of halogens is 3. The Balaban J connectivity index is 1.85. The molecule has 3 rings (SSSR count). The van der Waals surface area contributed by atoms with Gasteiger partial charge < -0.3 is 9.84 Å². The molecule has 0 fully saturated rings. The van der Waals surface area contributed by atoms with Crippen LogP contribution in [0.2, 0.25) is 0 Å². The van der Waals surface area contributed by atoms with Crippen LogP contribution in [0.5, 0.6) is 11.5 Å². The van der Waals surface area contributed by atoms with Crippen molar-refractivity contribution in [3.8, 4) is 22.6 Å². The van der Waals surface area contributed by atoms with E-state index in [9.17, 15) is 18.3 Å². The Kier molecular flexibility index (Phi) is 4.65. The lowest BCUT2D eigenvalue weighted by Gasteiger charge is -2.12. The van der Waals surface area contributed by atoms with Gasteiger partial charge in [-0.3, -0.25) is 0 Å². The minimum Gasteiger partial charge on any atom is -0.508 e. The van der Waals surface area contributed by atoms with E-state index in [1.807, 2.05) is 30.3 Å². The zero-order valence-electron chi connectivity index (χ0n) is 13.1. The Morgan fingerprint density at radius 3 is 2.28 bits per heavy atom. The lowest BCUT2D eigenvalue weighted by Crippen LogP contribution is -2.04. The fourth-order valence-corrected chi connectivity index (χ4v) is 2.45. The molecule has 128 valence electrons. The van der Waals surface area contributed by atoms with Crippen LogP contribution in [-0.4, -0.2) is 5.11 Å². The van der Waals surface area contributed by atoms with Crippen LogP contribution in [0.25, 0.3) is 11.1 Å². The van der Waals surface area contributed by atoms with Crippen LogP contribution in [-0.2, 0) is 12.8 Å². The molecule has 3 aromatic rings. The van der Waals surface area contributed by atoms with E-state index in [-0.39, 0.29) is 5.56 Å². The van der Waals surface area contributed by atoms with Gasteiger partial charge in [-0.2, -0.15) is 13.2 Å². The molecule has 0 aromatic heterocycles. The van der Waals surface area contributed by atoms with Crippen LogP contribution in [0.1, 0.15) is 11.1 Å². The average molecular weight is 344 g/mol. The van der Waals surface area contributed by atoms with Crippen molar-refractivity contribution in [3.63, 3.8) is 0 Å². The smallest absolute Gasteiger partial charge is 0.416 e. The minimum absolute atomic E-state index is 0.275. The molecular weight excluding hydrogens is 329 g/mol. The normalized spacial score (nSPS) is 11.3. The van der Waals surface area contributed by atoms with E-state index in [0.717, 1.165) is 11.6 Å². The van der Waals surface area contributed by atoms with Crippen molar-refractivity contribution in [1.82, 2.24) is 0 Å². The van der Waals surface area contributed by atoms with Crippen molar-refractivity contribution in [2.24, 2.45) is 0 Å². The monoisotopic (exact) mass is 344 g/mol. The van der Waals surface area contributed by atoms with Crippen LogP contribution in [0.3, 0.4) is 0 Å². The van der Waals surface area contributed by atoms with Gasteiger partial charge in [-0.05, 0) is 47.0 Å². The molecule has 0 bridgehead atoms. The third-order valence-electron chi connectivity index (χ3n) is 3.66. The quantitative estimate of drug-likeness (QED) is 0.662. The molecule has 0 spiro atoms. The highest BCUT2D eigenvalue weighted by Gasteiger charge is 2.31. The van der Waals surface area contributed by atoms with Crippen LogP contribution in [0, 0.1) is 0 Å². The topological polar surface area (TPSA) is 29.5 Å². The maximum absolute atomic E-state index is 12.9. The number of aromatic hydroxyl groups is 1. The molecule has 0 unspecified atom stereocenters. The molecule has 2 nitrogen and oxygen atoms in total. The van der Waals surface area contributed by atoms with E-state index >= 15 is 0 Å². The van der Waals surface area contributed by atoms with E-state index in [1.54, 1.807) is 24.3 Å². The lowest BCUT2D eigenvalue weighted by atomic mass is 10.0. The van der Waals surface area contributed by atoms with Crippen LogP contribution in [0.15, 0.2) is 72.8 Å². The molecule has 0 atom stereocenters. The van der Waals surface area contributed by atoms with Crippen molar-refractivity contribution >= 4 is 0 Å². The van der Waals surface area contributed by atoms with Gasteiger partial charge in [0.05, 0.1) is 5.56 Å². The number of benzene rings is 3. The van der Waals surface area contributed by atoms with Gasteiger partial charge in [0.2, 0.25) is 0 Å². The molecule has 0 aliphatic rings. The molecule has 0 radical (unpaired) electrons. The molecule has 0 saturated carbocycles. The van der Waals surface area contributed by atoms with E-state index < -0.39 is 17.5 Å². The molecule has 0 heterocycles. The lowest BCUT2D eigenvalue weighted by molar-refractivity contribution is -0.137. The maximum atomic E-state index is 12.9. The highest BCUT2D eigenvalue weighted by Crippen LogP contribution is 2.36. The number of alkyl halides is 3. The van der Waals surface area contributed by atoms with Crippen LogP contribution >= 0.6 is 0 Å². The van der Waals surface area contributed by atoms with Gasteiger partial charge in [0, 0.05) is 0 Å². The Hall–Kier alpha value is -2.95. The van der Waals surface area contributed by atoms with Crippen molar-refractivity contribution in [2.45, 2.75) is 12.8 Å². The predicted octanol–water partition coefficient (Wildman–Crippen LogP) is 5.66. The first-order valence-corrected chi connectivity index (χ1v) is 7.60. The summed E-state index contributed by atoms with van der Waals surface area (Å²) in [6.07, 6.45) is -4.52. The van der Waals surface area contributed by atoms with Crippen molar-refractivity contribution in [1.29, 1.82) is 0 Å². The third kappa shape index (κ3) is 4.32. The molecule has 5 heteroatoms. The largest absolute Gasteiger partial charge is 0.508 e. The number of hydrogen-bond donors (Lipinski definition) is 1. The summed E-state index contributed by atoms with van der Waals surface area (Å²) < 4.78 is 44.4. The van der Waals surface area contributed by atoms with Crippen LogP contribution < -0.4 is 4.74 Å². The standard InChI is InChI=1S/C20H15F3O2/c21-20(22,23)17-9-16(10-18(24)12-17)15-7-4-8-19(11-15)25-13-14-5-2-1-3-6-14/h1-12,24H,13H2. The summed E-state index contributed by atoms with van der Waals surface area (Å²) in [5, 5.41) is 9.61. The van der Waals surface area contributed by atoms with Crippen molar-refractivity contribution in [3.05, 3.63) is 83.9 Å². The van der Waals surface area contributed by atoms with Gasteiger partial charge in [-0.15, -0.1) is 0 Å². The molecule has 25 heavy (non-hydrogen) atoms. The van der Waals surface area contributed by atoms with Crippen molar-refractivity contribution < 1.29 is 23.0 Å². The van der Waals surface area contributed by atoms with Crippen molar-refractivity contribution in [2.75, 3.05) is 0 Å². The molecule has 3 aromatic carbocycles. The minimum atomic E-state index is -4.52. The number of hydrogen-bond acceptors (Lipinski definition) is 2. The summed E-state index contributed by atoms with van der Waals surface area (Å²) in [5.41, 5.74) is 0.909. The molecule has 0 aliphatic carbocycles. The first kappa shape index (κ1) is 16.9. The summed E-state index contributed by atoms with van der Waals surface area (Å²) in [4.78, 5) is 0. The first-order chi connectivity index (χ1) is 11.9. The summed E-state index contributed by atoms with van der Waals surface area (Å²) in [5.74, 6) is 0.110. The molecular formula is C20H15F3O2. The Bertz CT molecular complexity index is 858. The second-order valence-electron chi connectivity index (χ2n) is 5.57. The zero-order valence-corrected chi connectivity index (χ0v) is 13.1. The van der Waals surface area contributed by atoms with Gasteiger partial charge in [0.25, 0.3) is 0 Å². The highest BCUT2D eigenvalue weighted by atomic mass is 19.4. The first-order valence-electron chi connectivity index (χ1n) is 7.60. The molecule has 0 amide bonds. The van der Waals surface area contributed by atoms with E-state index in [4.69, 9.17) is 4.74 Å². The average Bonchev–Trinajstić information content (AvgIpc) is 2.60. The Labute approximate surface area is 143 Å². The fourth-order valence-electron chi connectivity index (χ4n) is 2.45. The fraction of sp³-hybridized carbons (Fsp3) is 0.100. The van der Waals surface area contributed by atoms with Gasteiger partial charge in [0.1, 0.15) is 18.1 Å². The predicted molar refractivity (Wildman–Crippen MR) is 89.3 cm³/mol. The second-order valence-corrected chi connectivity index (χ2v) is 5.57. The second kappa shape index (κ2) is 6.89. The number of ether oxygens (including phenoxy) is 1. The maximum Gasteiger partial charge on any atom is 0.416 e. The van der Waals surface area contributed by atoms with E-state index in [0.29, 0.717) is 24.0 Å². The molecule has 0 aliphatic heterocycles. The van der Waals surface area contributed by atoms with Gasteiger partial charge >= 0.3 is 6.18 Å². The van der Waals surface area contributed by atoms with Gasteiger partial charge in [-0.25, -0.2) is 0 Å². The van der Waals surface area contributed by atoms with E-state index in [2.05, 4.69) is 0 Å². The SMILES string of the molecule is Oc1cc(-c2cccc(OCc3ccccc3)c2)cc(C(F)(F)F)c1. The number of phenols is 1. The molecule has 1 N–H and O–H groups in total. The zero-order chi connectivity index (χ0) is 17.9. The number of rotatable bonds is 4. The number of phenolic OH excluding ortho intramolecular Hbond substituents is 1. The summed E-state index contributed by atoms with van der Waals surface area (Å²) in [7, 11) is 0. The highest BCUT2D eigenvalue weighted by molar-refractivity contribution is 5.67. The third-order valence-corrected chi connectivity index (χ3v) is 3.66. The van der Waals surface area contributed by atoms with Crippen LogP contribution in [0.4, 0.5) is 13.2 Å². The molecule has 0 saturated heterocycles. The summed E-state index contributed by atoms with van der Waals surface area (Å²) in [6, 6.07) is 19.3. The van der Waals surface area contributed by atoms with E-state index in [1.165, 1.54) is 6.07 Å². The Morgan fingerprint density at radius 1 is 0.800 bits per heavy atom.